The number of hydrogen-bond donors (Lipinski definition) is 2. The second-order valence-electron chi connectivity index (χ2n) is 4.22. The summed E-state index contributed by atoms with van der Waals surface area (Å²) in [5.74, 6) is -2.77. The van der Waals surface area contributed by atoms with E-state index in [0.29, 0.717) is 0 Å². The molecule has 0 saturated carbocycles. The molecule has 2 aromatic rings. The lowest BCUT2D eigenvalue weighted by Gasteiger charge is -2.11. The molecule has 2 rings (SSSR count). The Morgan fingerprint density at radius 2 is 1.80 bits per heavy atom. The molecule has 0 aliphatic carbocycles. The first-order chi connectivity index (χ1) is 9.38. The quantitative estimate of drug-likeness (QED) is 0.664. The molecule has 0 aliphatic rings. The normalized spacial score (nSPS) is 10.4. The lowest BCUT2D eigenvalue weighted by atomic mass is 10.2. The Labute approximate surface area is 119 Å². The zero-order valence-corrected chi connectivity index (χ0v) is 11.3. The summed E-state index contributed by atoms with van der Waals surface area (Å²) in [5, 5.41) is 7.41. The van der Waals surface area contributed by atoms with E-state index in [9.17, 15) is 8.78 Å². The van der Waals surface area contributed by atoms with Crippen molar-refractivity contribution in [3.63, 3.8) is 0 Å². The van der Waals surface area contributed by atoms with E-state index in [1.54, 1.807) is 12.1 Å². The number of nitrogens with one attached hydrogen (secondary N) is 1. The molecule has 0 amide bonds. The molecule has 20 heavy (non-hydrogen) atoms. The van der Waals surface area contributed by atoms with Crippen molar-refractivity contribution in [2.24, 2.45) is 5.73 Å². The van der Waals surface area contributed by atoms with E-state index in [1.165, 1.54) is 6.07 Å². The van der Waals surface area contributed by atoms with E-state index in [-0.39, 0.29) is 16.3 Å². The maximum atomic E-state index is 13.8. The van der Waals surface area contributed by atoms with Gasteiger partial charge in [-0.15, -0.1) is 0 Å². The average molecular weight is 297 g/mol. The van der Waals surface area contributed by atoms with Crippen LogP contribution in [0.1, 0.15) is 11.1 Å². The number of amidine groups is 1. The highest BCUT2D eigenvalue weighted by Crippen LogP contribution is 2.33. The van der Waals surface area contributed by atoms with Gasteiger partial charge in [0.05, 0.1) is 5.02 Å². The molecule has 0 unspecified atom stereocenters. The summed E-state index contributed by atoms with van der Waals surface area (Å²) in [7, 11) is 0. The monoisotopic (exact) mass is 296 g/mol. The number of nitrogen functional groups attached to an aromatic ring is 1. The van der Waals surface area contributed by atoms with Crippen molar-refractivity contribution >= 4 is 17.4 Å². The smallest absolute Gasteiger partial charge is 0.198 e. The van der Waals surface area contributed by atoms with Crippen LogP contribution in [0.5, 0.6) is 11.5 Å². The van der Waals surface area contributed by atoms with E-state index in [0.717, 1.165) is 17.7 Å². The van der Waals surface area contributed by atoms with Gasteiger partial charge in [-0.1, -0.05) is 17.7 Å². The van der Waals surface area contributed by atoms with Crippen molar-refractivity contribution in [2.45, 2.75) is 6.92 Å². The lowest BCUT2D eigenvalue weighted by Crippen LogP contribution is -2.12. The van der Waals surface area contributed by atoms with E-state index < -0.39 is 23.2 Å². The average Bonchev–Trinajstić information content (AvgIpc) is 2.35. The second-order valence-corrected chi connectivity index (χ2v) is 4.63. The number of halogens is 3. The fourth-order valence-corrected chi connectivity index (χ4v) is 1.89. The van der Waals surface area contributed by atoms with Crippen LogP contribution in [-0.4, -0.2) is 5.84 Å². The molecule has 0 aromatic heterocycles. The van der Waals surface area contributed by atoms with Gasteiger partial charge >= 0.3 is 0 Å². The van der Waals surface area contributed by atoms with E-state index >= 15 is 0 Å². The molecule has 104 valence electrons. The Kier molecular flexibility index (Phi) is 3.90. The van der Waals surface area contributed by atoms with Crippen LogP contribution in [0.25, 0.3) is 0 Å². The van der Waals surface area contributed by atoms with Gasteiger partial charge in [0.25, 0.3) is 0 Å². The third-order valence-corrected chi connectivity index (χ3v) is 2.90. The molecule has 3 nitrogen and oxygen atoms in total. The molecule has 0 radical (unpaired) electrons. The Bertz CT molecular complexity index is 666. The zero-order valence-electron chi connectivity index (χ0n) is 10.5. The number of rotatable bonds is 3. The van der Waals surface area contributed by atoms with Crippen LogP contribution >= 0.6 is 11.6 Å². The van der Waals surface area contributed by atoms with Crippen LogP contribution < -0.4 is 10.5 Å². The summed E-state index contributed by atoms with van der Waals surface area (Å²) in [6.07, 6.45) is 0. The Morgan fingerprint density at radius 1 is 1.20 bits per heavy atom. The molecule has 0 spiro atoms. The van der Waals surface area contributed by atoms with Crippen molar-refractivity contribution in [3.05, 3.63) is 58.1 Å². The first-order valence-electron chi connectivity index (χ1n) is 5.66. The molecule has 0 saturated heterocycles. The summed E-state index contributed by atoms with van der Waals surface area (Å²) < 4.78 is 32.8. The van der Waals surface area contributed by atoms with Crippen LogP contribution in [0.2, 0.25) is 5.02 Å². The van der Waals surface area contributed by atoms with Gasteiger partial charge in [0.2, 0.25) is 0 Å². The number of aryl methyl sites for hydroxylation is 1. The minimum Gasteiger partial charge on any atom is -0.450 e. The van der Waals surface area contributed by atoms with Crippen molar-refractivity contribution in [1.29, 1.82) is 5.41 Å². The standard InChI is InChI=1S/C14H11ClF2N2O/c1-7-2-3-12(9(15)4-7)20-13-10(16)5-8(14(18)19)6-11(13)17/h2-6H,1H3,(H3,18,19). The minimum atomic E-state index is -0.952. The highest BCUT2D eigenvalue weighted by Gasteiger charge is 2.16. The minimum absolute atomic E-state index is 0.0534. The highest BCUT2D eigenvalue weighted by molar-refractivity contribution is 6.32. The van der Waals surface area contributed by atoms with Gasteiger partial charge in [0.1, 0.15) is 11.6 Å². The van der Waals surface area contributed by atoms with Gasteiger partial charge < -0.3 is 10.5 Å². The van der Waals surface area contributed by atoms with Gasteiger partial charge in [-0.25, -0.2) is 8.78 Å². The fourth-order valence-electron chi connectivity index (χ4n) is 1.61. The number of ether oxygens (including phenoxy) is 1. The number of benzene rings is 2. The van der Waals surface area contributed by atoms with Crippen molar-refractivity contribution in [2.75, 3.05) is 0 Å². The van der Waals surface area contributed by atoms with Crippen LogP contribution in [0.4, 0.5) is 8.78 Å². The molecule has 0 aliphatic heterocycles. The molecule has 0 bridgehead atoms. The van der Waals surface area contributed by atoms with Crippen LogP contribution in [0.3, 0.4) is 0 Å². The van der Waals surface area contributed by atoms with E-state index in [4.69, 9.17) is 27.5 Å². The van der Waals surface area contributed by atoms with Gasteiger partial charge in [0, 0.05) is 5.56 Å². The third-order valence-electron chi connectivity index (χ3n) is 2.61. The topological polar surface area (TPSA) is 59.1 Å². The van der Waals surface area contributed by atoms with Crippen molar-refractivity contribution in [3.8, 4) is 11.5 Å². The van der Waals surface area contributed by atoms with Gasteiger partial charge in [-0.3, -0.25) is 5.41 Å². The summed E-state index contributed by atoms with van der Waals surface area (Å²) in [5.41, 5.74) is 6.03. The first kappa shape index (κ1) is 14.3. The summed E-state index contributed by atoms with van der Waals surface area (Å²) >= 11 is 5.94. The second kappa shape index (κ2) is 5.46. The predicted molar refractivity (Wildman–Crippen MR) is 73.6 cm³/mol. The zero-order chi connectivity index (χ0) is 14.9. The van der Waals surface area contributed by atoms with Crippen LogP contribution in [0.15, 0.2) is 30.3 Å². The Morgan fingerprint density at radius 3 is 2.30 bits per heavy atom. The van der Waals surface area contributed by atoms with E-state index in [1.807, 2.05) is 6.92 Å². The van der Waals surface area contributed by atoms with Crippen LogP contribution in [0, 0.1) is 24.0 Å². The molecule has 2 aromatic carbocycles. The molecular formula is C14H11ClF2N2O. The summed E-state index contributed by atoms with van der Waals surface area (Å²) in [4.78, 5) is 0. The Balaban J connectivity index is 2.41. The Hall–Kier alpha value is -2.14. The first-order valence-corrected chi connectivity index (χ1v) is 6.03. The van der Waals surface area contributed by atoms with Crippen LogP contribution in [-0.2, 0) is 0 Å². The summed E-state index contributed by atoms with van der Waals surface area (Å²) in [6.45, 7) is 1.83. The fraction of sp³-hybridized carbons (Fsp3) is 0.0714. The number of hydrogen-bond acceptors (Lipinski definition) is 2. The van der Waals surface area contributed by atoms with Gasteiger partial charge in [-0.05, 0) is 36.8 Å². The highest BCUT2D eigenvalue weighted by atomic mass is 35.5. The molecule has 0 heterocycles. The molecule has 6 heteroatoms. The van der Waals surface area contributed by atoms with Gasteiger partial charge in [0.15, 0.2) is 17.4 Å². The lowest BCUT2D eigenvalue weighted by molar-refractivity contribution is 0.407. The molecule has 0 atom stereocenters. The molecular weight excluding hydrogens is 286 g/mol. The molecule has 0 fully saturated rings. The maximum Gasteiger partial charge on any atom is 0.198 e. The predicted octanol–water partition coefficient (Wildman–Crippen LogP) is 4.00. The summed E-state index contributed by atoms with van der Waals surface area (Å²) in [6, 6.07) is 6.72. The molecule has 3 N–H and O–H groups in total. The number of nitrogens with two attached hydrogens (primary N) is 1. The van der Waals surface area contributed by atoms with Gasteiger partial charge in [-0.2, -0.15) is 0 Å². The SMILES string of the molecule is Cc1ccc(Oc2c(F)cc(C(=N)N)cc2F)c(Cl)c1. The third kappa shape index (κ3) is 2.88. The van der Waals surface area contributed by atoms with Crippen molar-refractivity contribution < 1.29 is 13.5 Å². The van der Waals surface area contributed by atoms with E-state index in [2.05, 4.69) is 0 Å². The maximum absolute atomic E-state index is 13.8. The largest absolute Gasteiger partial charge is 0.450 e. The van der Waals surface area contributed by atoms with Crippen molar-refractivity contribution in [1.82, 2.24) is 0 Å².